The van der Waals surface area contributed by atoms with Gasteiger partial charge >= 0.3 is 0 Å². The van der Waals surface area contributed by atoms with Crippen molar-refractivity contribution in [2.45, 2.75) is 38.4 Å². The van der Waals surface area contributed by atoms with E-state index in [1.807, 2.05) is 11.3 Å². The van der Waals surface area contributed by atoms with Gasteiger partial charge in [-0.25, -0.2) is 9.97 Å². The van der Waals surface area contributed by atoms with Gasteiger partial charge < -0.3 is 5.73 Å². The third-order valence-corrected chi connectivity index (χ3v) is 5.35. The highest BCUT2D eigenvalue weighted by Gasteiger charge is 2.21. The summed E-state index contributed by atoms with van der Waals surface area (Å²) in [5.74, 6) is 1.36. The van der Waals surface area contributed by atoms with Crippen molar-refractivity contribution in [1.82, 2.24) is 19.8 Å². The average molecular weight is 331 g/mol. The van der Waals surface area contributed by atoms with E-state index in [0.717, 1.165) is 25.5 Å². The first-order chi connectivity index (χ1) is 11.2. The highest BCUT2D eigenvalue weighted by Crippen LogP contribution is 2.20. The molecule has 3 rings (SSSR count). The summed E-state index contributed by atoms with van der Waals surface area (Å²) in [5, 5.41) is 2.16. The van der Waals surface area contributed by atoms with Gasteiger partial charge in [0.1, 0.15) is 11.6 Å². The summed E-state index contributed by atoms with van der Waals surface area (Å²) in [7, 11) is 2.17. The summed E-state index contributed by atoms with van der Waals surface area (Å²) in [6, 6.07) is 6.70. The maximum Gasteiger partial charge on any atom is 0.144 e. The molecule has 0 bridgehead atoms. The van der Waals surface area contributed by atoms with E-state index in [1.54, 1.807) is 12.3 Å². The molecule has 23 heavy (non-hydrogen) atoms. The number of hydrogen-bond donors (Lipinski definition) is 1. The van der Waals surface area contributed by atoms with E-state index in [0.29, 0.717) is 11.9 Å². The third-order valence-electron chi connectivity index (χ3n) is 4.49. The molecule has 2 aromatic heterocycles. The molecule has 124 valence electrons. The smallest absolute Gasteiger partial charge is 0.144 e. The van der Waals surface area contributed by atoms with Crippen molar-refractivity contribution in [1.29, 1.82) is 0 Å². The fraction of sp³-hybridized carbons (Fsp3) is 0.529. The first-order valence-electron chi connectivity index (χ1n) is 8.23. The summed E-state index contributed by atoms with van der Waals surface area (Å²) in [5.41, 5.74) is 5.75. The van der Waals surface area contributed by atoms with E-state index >= 15 is 0 Å². The monoisotopic (exact) mass is 331 g/mol. The Morgan fingerprint density at radius 3 is 3.04 bits per heavy atom. The van der Waals surface area contributed by atoms with Crippen molar-refractivity contribution in [3.63, 3.8) is 0 Å². The molecular formula is C17H25N5S. The molecule has 0 radical (unpaired) electrons. The van der Waals surface area contributed by atoms with E-state index in [2.05, 4.69) is 44.3 Å². The Balaban J connectivity index is 1.52. The molecule has 2 aromatic rings. The lowest BCUT2D eigenvalue weighted by Crippen LogP contribution is -2.33. The highest BCUT2D eigenvalue weighted by molar-refractivity contribution is 7.09. The van der Waals surface area contributed by atoms with Crippen LogP contribution in [-0.4, -0.2) is 45.9 Å². The summed E-state index contributed by atoms with van der Waals surface area (Å²) in [6.45, 7) is 4.20. The number of anilines is 1. The Hall–Kier alpha value is -1.50. The average Bonchev–Trinajstić information content (AvgIpc) is 2.91. The van der Waals surface area contributed by atoms with Gasteiger partial charge in [0.2, 0.25) is 0 Å². The Kier molecular flexibility index (Phi) is 5.59. The van der Waals surface area contributed by atoms with Crippen molar-refractivity contribution in [3.05, 3.63) is 40.5 Å². The molecule has 5 nitrogen and oxygen atoms in total. The fourth-order valence-corrected chi connectivity index (χ4v) is 3.95. The van der Waals surface area contributed by atoms with Crippen molar-refractivity contribution in [2.75, 3.05) is 25.9 Å². The normalized spacial score (nSPS) is 19.8. The predicted octanol–water partition coefficient (Wildman–Crippen LogP) is 2.61. The van der Waals surface area contributed by atoms with Gasteiger partial charge in [0.05, 0.1) is 6.54 Å². The van der Waals surface area contributed by atoms with Gasteiger partial charge in [0.25, 0.3) is 0 Å². The van der Waals surface area contributed by atoms with E-state index in [1.165, 1.54) is 30.7 Å². The van der Waals surface area contributed by atoms with Crippen LogP contribution >= 0.6 is 11.3 Å². The number of nitrogens with two attached hydrogens (primary N) is 1. The first kappa shape index (κ1) is 16.4. The lowest BCUT2D eigenvalue weighted by atomic mass is 10.1. The second-order valence-corrected chi connectivity index (χ2v) is 7.29. The van der Waals surface area contributed by atoms with Crippen LogP contribution in [0.2, 0.25) is 0 Å². The van der Waals surface area contributed by atoms with E-state index in [9.17, 15) is 0 Å². The predicted molar refractivity (Wildman–Crippen MR) is 95.1 cm³/mol. The first-order valence-corrected chi connectivity index (χ1v) is 9.11. The number of nitrogen functional groups attached to an aromatic ring is 1. The molecule has 1 atom stereocenters. The topological polar surface area (TPSA) is 58.3 Å². The lowest BCUT2D eigenvalue weighted by molar-refractivity contribution is 0.202. The minimum absolute atomic E-state index is 0.548. The molecule has 6 heteroatoms. The van der Waals surface area contributed by atoms with Crippen LogP contribution in [0.5, 0.6) is 0 Å². The fourth-order valence-electron chi connectivity index (χ4n) is 3.20. The van der Waals surface area contributed by atoms with Crippen LogP contribution in [0.1, 0.15) is 30.0 Å². The maximum absolute atomic E-state index is 5.75. The maximum atomic E-state index is 5.75. The Labute approximate surface area is 142 Å². The number of rotatable bonds is 5. The molecular weight excluding hydrogens is 306 g/mol. The van der Waals surface area contributed by atoms with Gasteiger partial charge in [-0.1, -0.05) is 6.07 Å². The molecule has 1 saturated heterocycles. The molecule has 1 aliphatic heterocycles. The van der Waals surface area contributed by atoms with E-state index in [-0.39, 0.29) is 0 Å². The number of hydrogen-bond acceptors (Lipinski definition) is 6. The zero-order valence-corrected chi connectivity index (χ0v) is 14.5. The number of thiophene rings is 1. The van der Waals surface area contributed by atoms with Gasteiger partial charge in [-0.15, -0.1) is 11.3 Å². The standard InChI is InChI=1S/C17H25N5S/c1-21(13-17-19-8-6-16(18)20-17)14-4-2-9-22(10-7-14)12-15-5-3-11-23-15/h3,5-6,8,11,14H,2,4,7,9-10,12-13H2,1H3,(H2,18,19,20)/t14-/m0/s1. The number of aromatic nitrogens is 2. The summed E-state index contributed by atoms with van der Waals surface area (Å²) in [4.78, 5) is 15.1. The molecule has 0 amide bonds. The zero-order chi connectivity index (χ0) is 16.1. The van der Waals surface area contributed by atoms with E-state index < -0.39 is 0 Å². The molecule has 0 saturated carbocycles. The number of likely N-dealkylation sites (tertiary alicyclic amines) is 1. The second kappa shape index (κ2) is 7.86. The minimum Gasteiger partial charge on any atom is -0.384 e. The largest absolute Gasteiger partial charge is 0.384 e. The molecule has 0 spiro atoms. The minimum atomic E-state index is 0.548. The SMILES string of the molecule is CN(Cc1nccc(N)n1)[C@H]1CCCN(Cc2cccs2)CC1. The van der Waals surface area contributed by atoms with Crippen molar-refractivity contribution in [2.24, 2.45) is 0 Å². The Morgan fingerprint density at radius 2 is 2.26 bits per heavy atom. The Bertz CT molecular complexity index is 601. The van der Waals surface area contributed by atoms with Crippen LogP contribution < -0.4 is 5.73 Å². The van der Waals surface area contributed by atoms with Crippen LogP contribution in [0.15, 0.2) is 29.8 Å². The van der Waals surface area contributed by atoms with Crippen LogP contribution in [-0.2, 0) is 13.1 Å². The Morgan fingerprint density at radius 1 is 1.35 bits per heavy atom. The van der Waals surface area contributed by atoms with Crippen molar-refractivity contribution < 1.29 is 0 Å². The van der Waals surface area contributed by atoms with Crippen molar-refractivity contribution >= 4 is 17.2 Å². The van der Waals surface area contributed by atoms with Crippen molar-refractivity contribution in [3.8, 4) is 0 Å². The zero-order valence-electron chi connectivity index (χ0n) is 13.7. The van der Waals surface area contributed by atoms with Gasteiger partial charge in [0, 0.05) is 30.2 Å². The summed E-state index contributed by atoms with van der Waals surface area (Å²) in [6.07, 6.45) is 5.42. The van der Waals surface area contributed by atoms with Crippen LogP contribution in [0.25, 0.3) is 0 Å². The summed E-state index contributed by atoms with van der Waals surface area (Å²) < 4.78 is 0. The van der Waals surface area contributed by atoms with Gasteiger partial charge in [0.15, 0.2) is 0 Å². The second-order valence-electron chi connectivity index (χ2n) is 6.25. The number of nitrogens with zero attached hydrogens (tertiary/aromatic N) is 4. The lowest BCUT2D eigenvalue weighted by Gasteiger charge is -2.26. The molecule has 3 heterocycles. The molecule has 0 aromatic carbocycles. The van der Waals surface area contributed by atoms with Crippen LogP contribution in [0.3, 0.4) is 0 Å². The summed E-state index contributed by atoms with van der Waals surface area (Å²) >= 11 is 1.85. The van der Waals surface area contributed by atoms with Gasteiger partial charge in [-0.3, -0.25) is 9.80 Å². The van der Waals surface area contributed by atoms with Crippen LogP contribution in [0.4, 0.5) is 5.82 Å². The highest BCUT2D eigenvalue weighted by atomic mass is 32.1. The quantitative estimate of drug-likeness (QED) is 0.912. The van der Waals surface area contributed by atoms with Crippen LogP contribution in [0, 0.1) is 0 Å². The van der Waals surface area contributed by atoms with Gasteiger partial charge in [-0.2, -0.15) is 0 Å². The molecule has 1 fully saturated rings. The third kappa shape index (κ3) is 4.73. The molecule has 2 N–H and O–H groups in total. The van der Waals surface area contributed by atoms with Gasteiger partial charge in [-0.05, 0) is 50.4 Å². The molecule has 0 unspecified atom stereocenters. The molecule has 0 aliphatic carbocycles. The molecule has 1 aliphatic rings. The van der Waals surface area contributed by atoms with E-state index in [4.69, 9.17) is 5.73 Å².